The van der Waals surface area contributed by atoms with Crippen LogP contribution in [-0.2, 0) is 13.1 Å². The Balaban J connectivity index is 1.91. The molecule has 0 aliphatic carbocycles. The van der Waals surface area contributed by atoms with Crippen LogP contribution in [0.3, 0.4) is 0 Å². The lowest BCUT2D eigenvalue weighted by atomic mass is 10.2. The number of hydrogen-bond acceptors (Lipinski definition) is 3. The van der Waals surface area contributed by atoms with Crippen LogP contribution in [0, 0.1) is 6.92 Å². The summed E-state index contributed by atoms with van der Waals surface area (Å²) in [5.74, 6) is 1.71. The van der Waals surface area contributed by atoms with Crippen molar-refractivity contribution in [2.45, 2.75) is 20.0 Å². The average Bonchev–Trinajstić information content (AvgIpc) is 2.78. The second-order valence-corrected chi connectivity index (χ2v) is 4.72. The zero-order valence-electron chi connectivity index (χ0n) is 11.2. The molecule has 0 saturated carbocycles. The molecule has 2 aromatic rings. The van der Waals surface area contributed by atoms with Gasteiger partial charge in [0.1, 0.15) is 18.2 Å². The lowest BCUT2D eigenvalue weighted by Crippen LogP contribution is -2.09. The van der Waals surface area contributed by atoms with Crippen LogP contribution < -0.4 is 10.1 Å². The number of ether oxygens (including phenoxy) is 1. The molecule has 1 heterocycles. The molecular weight excluding hydrogens is 262 g/mol. The SMILES string of the molecule is CNCc1ccc(OCCn2ccnc2C)c(Cl)c1. The van der Waals surface area contributed by atoms with E-state index in [1.54, 1.807) is 6.20 Å². The van der Waals surface area contributed by atoms with Gasteiger partial charge in [0.15, 0.2) is 0 Å². The van der Waals surface area contributed by atoms with Crippen molar-refractivity contribution in [2.75, 3.05) is 13.7 Å². The zero-order chi connectivity index (χ0) is 13.7. The maximum atomic E-state index is 6.19. The number of aryl methyl sites for hydroxylation is 1. The van der Waals surface area contributed by atoms with Crippen molar-refractivity contribution >= 4 is 11.6 Å². The molecule has 0 atom stereocenters. The number of aromatic nitrogens is 2. The number of hydrogen-bond donors (Lipinski definition) is 1. The van der Waals surface area contributed by atoms with E-state index in [-0.39, 0.29) is 0 Å². The Morgan fingerprint density at radius 1 is 1.42 bits per heavy atom. The maximum Gasteiger partial charge on any atom is 0.137 e. The van der Waals surface area contributed by atoms with Crippen LogP contribution in [0.1, 0.15) is 11.4 Å². The van der Waals surface area contributed by atoms with Gasteiger partial charge in [0.2, 0.25) is 0 Å². The molecule has 0 aliphatic heterocycles. The van der Waals surface area contributed by atoms with Crippen molar-refractivity contribution in [3.63, 3.8) is 0 Å². The Hall–Kier alpha value is -1.52. The monoisotopic (exact) mass is 279 g/mol. The third kappa shape index (κ3) is 3.72. The Morgan fingerprint density at radius 3 is 2.89 bits per heavy atom. The highest BCUT2D eigenvalue weighted by atomic mass is 35.5. The Labute approximate surface area is 118 Å². The van der Waals surface area contributed by atoms with Gasteiger partial charge in [0, 0.05) is 18.9 Å². The molecule has 1 aromatic heterocycles. The van der Waals surface area contributed by atoms with Crippen LogP contribution in [0.2, 0.25) is 5.02 Å². The predicted molar refractivity (Wildman–Crippen MR) is 76.7 cm³/mol. The minimum absolute atomic E-state index is 0.572. The standard InChI is InChI=1S/C14H18ClN3O/c1-11-17-5-6-18(11)7-8-19-14-4-3-12(10-16-2)9-13(14)15/h3-6,9,16H,7-8,10H2,1-2H3. The molecule has 1 N–H and O–H groups in total. The highest BCUT2D eigenvalue weighted by Gasteiger charge is 2.03. The largest absolute Gasteiger partial charge is 0.490 e. The van der Waals surface area contributed by atoms with Gasteiger partial charge in [0.05, 0.1) is 11.6 Å². The summed E-state index contributed by atoms with van der Waals surface area (Å²) in [6.07, 6.45) is 3.73. The van der Waals surface area contributed by atoms with Gasteiger partial charge in [-0.25, -0.2) is 4.98 Å². The van der Waals surface area contributed by atoms with Crippen molar-refractivity contribution < 1.29 is 4.74 Å². The molecule has 0 radical (unpaired) electrons. The second-order valence-electron chi connectivity index (χ2n) is 4.31. The van der Waals surface area contributed by atoms with Crippen LogP contribution in [0.25, 0.3) is 0 Å². The number of halogens is 1. The smallest absolute Gasteiger partial charge is 0.137 e. The Bertz CT molecular complexity index is 539. The van der Waals surface area contributed by atoms with E-state index in [9.17, 15) is 0 Å². The van der Waals surface area contributed by atoms with Crippen molar-refractivity contribution in [3.8, 4) is 5.75 Å². The quantitative estimate of drug-likeness (QED) is 0.884. The maximum absolute atomic E-state index is 6.19. The lowest BCUT2D eigenvalue weighted by Gasteiger charge is -2.10. The van der Waals surface area contributed by atoms with Crippen LogP contribution in [0.5, 0.6) is 5.75 Å². The van der Waals surface area contributed by atoms with E-state index in [0.717, 1.165) is 30.2 Å². The third-order valence-corrected chi connectivity index (χ3v) is 3.19. The summed E-state index contributed by atoms with van der Waals surface area (Å²) in [7, 11) is 1.91. The van der Waals surface area contributed by atoms with E-state index >= 15 is 0 Å². The second kappa shape index (κ2) is 6.59. The molecule has 0 bridgehead atoms. The molecule has 2 rings (SSSR count). The van der Waals surface area contributed by atoms with Gasteiger partial charge in [-0.3, -0.25) is 0 Å². The first-order valence-electron chi connectivity index (χ1n) is 6.24. The summed E-state index contributed by atoms with van der Waals surface area (Å²) < 4.78 is 7.74. The van der Waals surface area contributed by atoms with E-state index < -0.39 is 0 Å². The summed E-state index contributed by atoms with van der Waals surface area (Å²) in [4.78, 5) is 4.17. The summed E-state index contributed by atoms with van der Waals surface area (Å²) in [5, 5.41) is 3.74. The van der Waals surface area contributed by atoms with Gasteiger partial charge in [-0.15, -0.1) is 0 Å². The van der Waals surface area contributed by atoms with Crippen LogP contribution in [0.15, 0.2) is 30.6 Å². The van der Waals surface area contributed by atoms with Gasteiger partial charge in [-0.05, 0) is 31.7 Å². The van der Waals surface area contributed by atoms with Crippen molar-refractivity contribution in [1.29, 1.82) is 0 Å². The molecule has 5 heteroatoms. The molecular formula is C14H18ClN3O. The molecule has 0 saturated heterocycles. The van der Waals surface area contributed by atoms with E-state index in [2.05, 4.69) is 10.3 Å². The van der Waals surface area contributed by atoms with E-state index in [1.807, 2.05) is 42.9 Å². The van der Waals surface area contributed by atoms with E-state index in [0.29, 0.717) is 11.6 Å². The molecule has 0 fully saturated rings. The number of nitrogens with one attached hydrogen (secondary N) is 1. The average molecular weight is 280 g/mol. The van der Waals surface area contributed by atoms with Gasteiger partial charge < -0.3 is 14.6 Å². The Kier molecular flexibility index (Phi) is 4.82. The summed E-state index contributed by atoms with van der Waals surface area (Å²) in [5.41, 5.74) is 1.14. The fraction of sp³-hybridized carbons (Fsp3) is 0.357. The van der Waals surface area contributed by atoms with Crippen molar-refractivity contribution in [3.05, 3.63) is 47.0 Å². The number of imidazole rings is 1. The van der Waals surface area contributed by atoms with Crippen LogP contribution in [0.4, 0.5) is 0 Å². The fourth-order valence-electron chi connectivity index (χ4n) is 1.87. The first-order valence-corrected chi connectivity index (χ1v) is 6.62. The molecule has 0 unspecified atom stereocenters. The number of benzene rings is 1. The highest BCUT2D eigenvalue weighted by molar-refractivity contribution is 6.32. The summed E-state index contributed by atoms with van der Waals surface area (Å²) >= 11 is 6.19. The van der Waals surface area contributed by atoms with Crippen LogP contribution in [-0.4, -0.2) is 23.2 Å². The van der Waals surface area contributed by atoms with Crippen LogP contribution >= 0.6 is 11.6 Å². The fourth-order valence-corrected chi connectivity index (χ4v) is 2.13. The molecule has 4 nitrogen and oxygen atoms in total. The lowest BCUT2D eigenvalue weighted by molar-refractivity contribution is 0.297. The molecule has 0 spiro atoms. The minimum atomic E-state index is 0.572. The highest BCUT2D eigenvalue weighted by Crippen LogP contribution is 2.25. The van der Waals surface area contributed by atoms with Gasteiger partial charge in [-0.1, -0.05) is 17.7 Å². The molecule has 102 valence electrons. The van der Waals surface area contributed by atoms with Crippen molar-refractivity contribution in [2.24, 2.45) is 0 Å². The summed E-state index contributed by atoms with van der Waals surface area (Å²) in [6.45, 7) is 4.11. The third-order valence-electron chi connectivity index (χ3n) is 2.89. The molecule has 1 aromatic carbocycles. The normalized spacial score (nSPS) is 10.7. The van der Waals surface area contributed by atoms with E-state index in [1.165, 1.54) is 0 Å². The van der Waals surface area contributed by atoms with Gasteiger partial charge in [0.25, 0.3) is 0 Å². The molecule has 0 aliphatic rings. The van der Waals surface area contributed by atoms with E-state index in [4.69, 9.17) is 16.3 Å². The molecule has 0 amide bonds. The van der Waals surface area contributed by atoms with Gasteiger partial charge in [-0.2, -0.15) is 0 Å². The predicted octanol–water partition coefficient (Wildman–Crippen LogP) is 2.64. The zero-order valence-corrected chi connectivity index (χ0v) is 11.9. The minimum Gasteiger partial charge on any atom is -0.490 e. The topological polar surface area (TPSA) is 39.1 Å². The Morgan fingerprint density at radius 2 is 2.26 bits per heavy atom. The van der Waals surface area contributed by atoms with Gasteiger partial charge >= 0.3 is 0 Å². The number of rotatable bonds is 6. The first kappa shape index (κ1) is 13.9. The first-order chi connectivity index (χ1) is 9.20. The number of nitrogens with zero attached hydrogens (tertiary/aromatic N) is 2. The summed E-state index contributed by atoms with van der Waals surface area (Å²) in [6, 6.07) is 5.85. The molecule has 19 heavy (non-hydrogen) atoms. The van der Waals surface area contributed by atoms with Crippen molar-refractivity contribution in [1.82, 2.24) is 14.9 Å².